The number of nitrogens with zero attached hydrogens (tertiary/aromatic N) is 3. The molecular formula is C25H43N5O3. The van der Waals surface area contributed by atoms with E-state index in [-0.39, 0.29) is 17.7 Å². The standard InChI is InChI=1S/C22H32N4O3.C2H6.CH5N/c1-5-25(6-2)22(28)18-9-7-11-26(15-18)21(27)16(3)13-20(23)17(4)24-14-19-10-8-12-29-19;2*1-2/h8,10,12-13,18H,3,5-7,9,11,14-15,23H2,1-2,4H3;1-2H3;2H2,1H3/b20-13+,24-17?;;. The van der Waals surface area contributed by atoms with Gasteiger partial charge in [0.15, 0.2) is 0 Å². The van der Waals surface area contributed by atoms with Crippen LogP contribution in [-0.4, -0.2) is 60.6 Å². The van der Waals surface area contributed by atoms with Crippen LogP contribution in [0, 0.1) is 5.92 Å². The molecule has 0 aromatic carbocycles. The summed E-state index contributed by atoms with van der Waals surface area (Å²) in [6, 6.07) is 3.64. The van der Waals surface area contributed by atoms with E-state index in [2.05, 4.69) is 17.3 Å². The van der Waals surface area contributed by atoms with Crippen LogP contribution in [0.1, 0.15) is 53.2 Å². The average Bonchev–Trinajstić information content (AvgIpc) is 3.39. The van der Waals surface area contributed by atoms with E-state index < -0.39 is 0 Å². The summed E-state index contributed by atoms with van der Waals surface area (Å²) >= 11 is 0. The van der Waals surface area contributed by atoms with Crippen LogP contribution in [-0.2, 0) is 16.1 Å². The van der Waals surface area contributed by atoms with Crippen molar-refractivity contribution in [3.8, 4) is 0 Å². The number of hydrogen-bond acceptors (Lipinski definition) is 6. The van der Waals surface area contributed by atoms with Crippen LogP contribution in [0.4, 0.5) is 0 Å². The average molecular weight is 462 g/mol. The first-order valence-corrected chi connectivity index (χ1v) is 11.7. The van der Waals surface area contributed by atoms with Gasteiger partial charge < -0.3 is 25.7 Å². The number of hydrogen-bond donors (Lipinski definition) is 2. The van der Waals surface area contributed by atoms with E-state index in [0.29, 0.717) is 49.7 Å². The third-order valence-corrected chi connectivity index (χ3v) is 5.21. The van der Waals surface area contributed by atoms with Crippen molar-refractivity contribution in [3.63, 3.8) is 0 Å². The first kappa shape index (κ1) is 30.1. The highest BCUT2D eigenvalue weighted by molar-refractivity contribution is 6.02. The maximum atomic E-state index is 12.8. The summed E-state index contributed by atoms with van der Waals surface area (Å²) in [5.74, 6) is 0.514. The zero-order valence-corrected chi connectivity index (χ0v) is 21.3. The molecule has 0 spiro atoms. The Morgan fingerprint density at radius 1 is 1.30 bits per heavy atom. The van der Waals surface area contributed by atoms with Gasteiger partial charge in [0.25, 0.3) is 5.91 Å². The summed E-state index contributed by atoms with van der Waals surface area (Å²) in [5.41, 5.74) is 11.9. The number of aliphatic imine (C=N–C) groups is 1. The number of nitrogens with two attached hydrogens (primary N) is 2. The largest absolute Gasteiger partial charge is 0.467 e. The molecule has 1 saturated heterocycles. The Hall–Kier alpha value is -2.87. The molecule has 4 N–H and O–H groups in total. The number of piperidine rings is 1. The maximum absolute atomic E-state index is 12.8. The first-order valence-electron chi connectivity index (χ1n) is 11.7. The summed E-state index contributed by atoms with van der Waals surface area (Å²) in [6.45, 7) is 16.4. The van der Waals surface area contributed by atoms with Crippen molar-refractivity contribution >= 4 is 17.5 Å². The normalized spacial score (nSPS) is 16.1. The van der Waals surface area contributed by atoms with E-state index in [1.165, 1.54) is 7.05 Å². The quantitative estimate of drug-likeness (QED) is 0.350. The molecule has 0 radical (unpaired) electrons. The summed E-state index contributed by atoms with van der Waals surface area (Å²) in [4.78, 5) is 33.4. The predicted octanol–water partition coefficient (Wildman–Crippen LogP) is 3.35. The molecule has 1 aliphatic rings. The minimum absolute atomic E-state index is 0.120. The van der Waals surface area contributed by atoms with Gasteiger partial charge in [0, 0.05) is 31.8 Å². The third-order valence-electron chi connectivity index (χ3n) is 5.21. The molecule has 2 heterocycles. The SMILES string of the molecule is C=C(/C=C(/N)C(C)=NCc1ccco1)C(=O)N1CCCC(C(=O)N(CC)CC)C1.CC.CN. The lowest BCUT2D eigenvalue weighted by Gasteiger charge is -2.34. The first-order chi connectivity index (χ1) is 15.9. The molecular weight excluding hydrogens is 418 g/mol. The van der Waals surface area contributed by atoms with Gasteiger partial charge >= 0.3 is 0 Å². The topological polar surface area (TPSA) is 118 Å². The van der Waals surface area contributed by atoms with Gasteiger partial charge in [-0.2, -0.15) is 0 Å². The summed E-state index contributed by atoms with van der Waals surface area (Å²) in [7, 11) is 1.50. The van der Waals surface area contributed by atoms with Crippen LogP contribution in [0.15, 0.2) is 51.7 Å². The molecule has 2 rings (SSSR count). The number of furan rings is 1. The minimum atomic E-state index is -0.191. The zero-order chi connectivity index (χ0) is 25.4. The molecule has 1 aromatic heterocycles. The molecule has 0 bridgehead atoms. The number of carbonyl (C=O) groups excluding carboxylic acids is 2. The lowest BCUT2D eigenvalue weighted by atomic mass is 9.95. The van der Waals surface area contributed by atoms with E-state index in [0.717, 1.165) is 18.6 Å². The van der Waals surface area contributed by atoms with Gasteiger partial charge in [-0.15, -0.1) is 0 Å². The molecule has 2 amide bonds. The van der Waals surface area contributed by atoms with Crippen molar-refractivity contribution < 1.29 is 14.0 Å². The van der Waals surface area contributed by atoms with Crippen molar-refractivity contribution in [3.05, 3.63) is 48.1 Å². The molecule has 186 valence electrons. The highest BCUT2D eigenvalue weighted by Gasteiger charge is 2.30. The fourth-order valence-electron chi connectivity index (χ4n) is 3.40. The summed E-state index contributed by atoms with van der Waals surface area (Å²) in [5, 5.41) is 0. The molecule has 33 heavy (non-hydrogen) atoms. The molecule has 1 atom stereocenters. The number of allylic oxidation sites excluding steroid dienone is 1. The van der Waals surface area contributed by atoms with Crippen molar-refractivity contribution in [1.82, 2.24) is 9.80 Å². The van der Waals surface area contributed by atoms with Gasteiger partial charge in [0.05, 0.1) is 30.1 Å². The lowest BCUT2D eigenvalue weighted by molar-refractivity contribution is -0.139. The molecule has 0 saturated carbocycles. The Morgan fingerprint density at radius 2 is 1.94 bits per heavy atom. The Labute approximate surface area is 199 Å². The third kappa shape index (κ3) is 9.65. The Balaban J connectivity index is 0.00000242. The molecule has 1 unspecified atom stereocenters. The van der Waals surface area contributed by atoms with Crippen LogP contribution in [0.25, 0.3) is 0 Å². The lowest BCUT2D eigenvalue weighted by Crippen LogP contribution is -2.47. The van der Waals surface area contributed by atoms with Crippen LogP contribution in [0.3, 0.4) is 0 Å². The predicted molar refractivity (Wildman–Crippen MR) is 136 cm³/mol. The van der Waals surface area contributed by atoms with Crippen molar-refractivity contribution in [2.45, 2.75) is 54.0 Å². The van der Waals surface area contributed by atoms with E-state index in [1.807, 2.05) is 38.7 Å². The molecule has 1 fully saturated rings. The van der Waals surface area contributed by atoms with Gasteiger partial charge in [-0.05, 0) is 58.9 Å². The van der Waals surface area contributed by atoms with E-state index in [9.17, 15) is 9.59 Å². The van der Waals surface area contributed by atoms with Gasteiger partial charge in [-0.25, -0.2) is 0 Å². The van der Waals surface area contributed by atoms with E-state index >= 15 is 0 Å². The Bertz CT molecular complexity index is 780. The highest BCUT2D eigenvalue weighted by Crippen LogP contribution is 2.20. The van der Waals surface area contributed by atoms with Crippen LogP contribution in [0.2, 0.25) is 0 Å². The Kier molecular flexibility index (Phi) is 15.3. The van der Waals surface area contributed by atoms with Gasteiger partial charge in [-0.1, -0.05) is 20.4 Å². The number of carbonyl (C=O) groups is 2. The fourth-order valence-corrected chi connectivity index (χ4v) is 3.40. The van der Waals surface area contributed by atoms with Gasteiger partial charge in [0.1, 0.15) is 5.76 Å². The fraction of sp³-hybridized carbons (Fsp3) is 0.560. The van der Waals surface area contributed by atoms with E-state index in [4.69, 9.17) is 10.2 Å². The second-order valence-electron chi connectivity index (χ2n) is 7.21. The maximum Gasteiger partial charge on any atom is 0.253 e. The van der Waals surface area contributed by atoms with Gasteiger partial charge in [0.2, 0.25) is 5.91 Å². The van der Waals surface area contributed by atoms with Crippen molar-refractivity contribution in [2.24, 2.45) is 22.4 Å². The second kappa shape index (κ2) is 16.7. The minimum Gasteiger partial charge on any atom is -0.467 e. The smallest absolute Gasteiger partial charge is 0.253 e. The highest BCUT2D eigenvalue weighted by atomic mass is 16.3. The summed E-state index contributed by atoms with van der Waals surface area (Å²) < 4.78 is 5.25. The van der Waals surface area contributed by atoms with E-state index in [1.54, 1.807) is 30.2 Å². The molecule has 1 aromatic rings. The van der Waals surface area contributed by atoms with Crippen LogP contribution >= 0.6 is 0 Å². The molecule has 1 aliphatic heterocycles. The second-order valence-corrected chi connectivity index (χ2v) is 7.21. The van der Waals surface area contributed by atoms with Gasteiger partial charge in [-0.3, -0.25) is 14.6 Å². The Morgan fingerprint density at radius 3 is 2.48 bits per heavy atom. The number of likely N-dealkylation sites (tertiary alicyclic amines) is 1. The van der Waals surface area contributed by atoms with Crippen molar-refractivity contribution in [1.29, 1.82) is 0 Å². The molecule has 0 aliphatic carbocycles. The molecule has 8 heteroatoms. The van der Waals surface area contributed by atoms with Crippen molar-refractivity contribution in [2.75, 3.05) is 33.2 Å². The van der Waals surface area contributed by atoms with Crippen LogP contribution in [0.5, 0.6) is 0 Å². The van der Waals surface area contributed by atoms with Crippen LogP contribution < -0.4 is 11.5 Å². The summed E-state index contributed by atoms with van der Waals surface area (Å²) in [6.07, 6.45) is 4.76. The zero-order valence-electron chi connectivity index (χ0n) is 21.3. The molecule has 8 nitrogen and oxygen atoms in total. The number of rotatable bonds is 8. The number of amides is 2. The monoisotopic (exact) mass is 461 g/mol.